The third kappa shape index (κ3) is 5.54. The third-order valence-corrected chi connectivity index (χ3v) is 4.63. The first-order chi connectivity index (χ1) is 13.1. The van der Waals surface area contributed by atoms with Crippen LogP contribution in [0.25, 0.3) is 17.4 Å². The molecule has 0 bridgehead atoms. The third-order valence-electron chi connectivity index (χ3n) is 3.59. The monoisotopic (exact) mass is 385 g/mol. The first-order valence-corrected chi connectivity index (χ1v) is 9.84. The quantitative estimate of drug-likeness (QED) is 0.539. The van der Waals surface area contributed by atoms with Crippen molar-refractivity contribution in [2.24, 2.45) is 0 Å². The molecule has 0 N–H and O–H groups in total. The molecule has 6 nitrogen and oxygen atoms in total. The van der Waals surface area contributed by atoms with Gasteiger partial charge in [0.15, 0.2) is 5.76 Å². The fourth-order valence-corrected chi connectivity index (χ4v) is 3.05. The molecular formula is C20H19NO5S. The second kappa shape index (κ2) is 8.66. The SMILES string of the molecule is CCOS(=O)(=O)/C=C/c1ccc(OCc2cc(-c3ccccc3)on2)cc1. The molecule has 3 aromatic rings. The average molecular weight is 385 g/mol. The average Bonchev–Trinajstić information content (AvgIpc) is 3.15. The van der Waals surface area contributed by atoms with Crippen molar-refractivity contribution < 1.29 is 21.9 Å². The predicted octanol–water partition coefficient (Wildman–Crippen LogP) is 4.26. The summed E-state index contributed by atoms with van der Waals surface area (Å²) in [6.45, 7) is 1.99. The van der Waals surface area contributed by atoms with Gasteiger partial charge in [0.05, 0.1) is 12.0 Å². The molecule has 0 aliphatic rings. The number of ether oxygens (including phenoxy) is 1. The second-order valence-corrected chi connectivity index (χ2v) is 7.10. The Bertz CT molecular complexity index is 992. The summed E-state index contributed by atoms with van der Waals surface area (Å²) in [4.78, 5) is 0. The van der Waals surface area contributed by atoms with Crippen LogP contribution in [0.15, 0.2) is 70.6 Å². The first-order valence-electron chi connectivity index (χ1n) is 8.37. The zero-order chi connectivity index (χ0) is 19.1. The molecule has 0 atom stereocenters. The van der Waals surface area contributed by atoms with E-state index in [0.717, 1.165) is 16.5 Å². The highest BCUT2D eigenvalue weighted by molar-refractivity contribution is 7.89. The Morgan fingerprint density at radius 1 is 1.07 bits per heavy atom. The van der Waals surface area contributed by atoms with Gasteiger partial charge in [0, 0.05) is 11.6 Å². The Labute approximate surface area is 158 Å². The Kier molecular flexibility index (Phi) is 6.05. The van der Waals surface area contributed by atoms with Gasteiger partial charge in [-0.05, 0) is 30.7 Å². The van der Waals surface area contributed by atoms with Crippen molar-refractivity contribution in [1.29, 1.82) is 0 Å². The van der Waals surface area contributed by atoms with Gasteiger partial charge in [-0.2, -0.15) is 8.42 Å². The molecule has 27 heavy (non-hydrogen) atoms. The van der Waals surface area contributed by atoms with Gasteiger partial charge in [-0.25, -0.2) is 0 Å². The summed E-state index contributed by atoms with van der Waals surface area (Å²) in [6.07, 6.45) is 1.47. The fourth-order valence-electron chi connectivity index (χ4n) is 2.32. The van der Waals surface area contributed by atoms with Gasteiger partial charge < -0.3 is 9.26 Å². The van der Waals surface area contributed by atoms with Gasteiger partial charge in [0.25, 0.3) is 10.1 Å². The largest absolute Gasteiger partial charge is 0.487 e. The van der Waals surface area contributed by atoms with Gasteiger partial charge in [0.2, 0.25) is 0 Å². The highest BCUT2D eigenvalue weighted by atomic mass is 32.2. The van der Waals surface area contributed by atoms with E-state index < -0.39 is 10.1 Å². The lowest BCUT2D eigenvalue weighted by molar-refractivity contribution is 0.290. The summed E-state index contributed by atoms with van der Waals surface area (Å²) in [7, 11) is -3.64. The summed E-state index contributed by atoms with van der Waals surface area (Å²) in [6, 6.07) is 18.6. The van der Waals surface area contributed by atoms with E-state index in [1.54, 1.807) is 31.2 Å². The number of benzene rings is 2. The van der Waals surface area contributed by atoms with Crippen molar-refractivity contribution in [2.45, 2.75) is 13.5 Å². The maximum absolute atomic E-state index is 11.5. The van der Waals surface area contributed by atoms with Crippen molar-refractivity contribution >= 4 is 16.2 Å². The highest BCUT2D eigenvalue weighted by Gasteiger charge is 2.07. The molecule has 0 saturated carbocycles. The lowest BCUT2D eigenvalue weighted by Gasteiger charge is -2.04. The summed E-state index contributed by atoms with van der Waals surface area (Å²) in [5, 5.41) is 5.04. The predicted molar refractivity (Wildman–Crippen MR) is 102 cm³/mol. The molecule has 140 valence electrons. The summed E-state index contributed by atoms with van der Waals surface area (Å²) < 4.78 is 38.6. The molecule has 0 unspecified atom stereocenters. The fraction of sp³-hybridized carbons (Fsp3) is 0.150. The van der Waals surface area contributed by atoms with E-state index in [1.807, 2.05) is 36.4 Å². The number of nitrogens with zero attached hydrogens (tertiary/aromatic N) is 1. The van der Waals surface area contributed by atoms with Crippen LogP contribution in [0.3, 0.4) is 0 Å². The molecular weight excluding hydrogens is 366 g/mol. The normalized spacial score (nSPS) is 11.7. The van der Waals surface area contributed by atoms with Gasteiger partial charge in [-0.3, -0.25) is 4.18 Å². The molecule has 0 aliphatic heterocycles. The summed E-state index contributed by atoms with van der Waals surface area (Å²) >= 11 is 0. The number of hydrogen-bond donors (Lipinski definition) is 0. The van der Waals surface area contributed by atoms with E-state index in [1.165, 1.54) is 6.08 Å². The molecule has 0 saturated heterocycles. The molecule has 3 rings (SSSR count). The minimum Gasteiger partial charge on any atom is -0.487 e. The van der Waals surface area contributed by atoms with Crippen LogP contribution in [-0.4, -0.2) is 20.2 Å². The number of hydrogen-bond acceptors (Lipinski definition) is 6. The molecule has 7 heteroatoms. The Balaban J connectivity index is 1.58. The number of rotatable bonds is 8. The van der Waals surface area contributed by atoms with Crippen LogP contribution in [0.2, 0.25) is 0 Å². The first kappa shape index (κ1) is 18.9. The molecule has 1 aromatic heterocycles. The van der Waals surface area contributed by atoms with E-state index >= 15 is 0 Å². The lowest BCUT2D eigenvalue weighted by Crippen LogP contribution is -2.00. The van der Waals surface area contributed by atoms with Gasteiger partial charge in [-0.1, -0.05) is 47.6 Å². The van der Waals surface area contributed by atoms with Crippen molar-refractivity contribution in [3.05, 3.63) is 77.3 Å². The Hall–Kier alpha value is -2.90. The molecule has 0 spiro atoms. The van der Waals surface area contributed by atoms with E-state index in [9.17, 15) is 8.42 Å². The molecule has 2 aromatic carbocycles. The van der Waals surface area contributed by atoms with Gasteiger partial charge in [0.1, 0.15) is 18.1 Å². The van der Waals surface area contributed by atoms with Crippen molar-refractivity contribution in [3.63, 3.8) is 0 Å². The van der Waals surface area contributed by atoms with E-state index in [-0.39, 0.29) is 13.2 Å². The van der Waals surface area contributed by atoms with Crippen LogP contribution in [0.4, 0.5) is 0 Å². The van der Waals surface area contributed by atoms with Crippen molar-refractivity contribution in [2.75, 3.05) is 6.61 Å². The zero-order valence-electron chi connectivity index (χ0n) is 14.7. The maximum atomic E-state index is 11.5. The van der Waals surface area contributed by atoms with Crippen LogP contribution < -0.4 is 4.74 Å². The molecule has 0 radical (unpaired) electrons. The number of aromatic nitrogens is 1. The van der Waals surface area contributed by atoms with Crippen LogP contribution in [0, 0.1) is 0 Å². The van der Waals surface area contributed by atoms with Gasteiger partial charge in [-0.15, -0.1) is 0 Å². The Morgan fingerprint density at radius 3 is 2.52 bits per heavy atom. The molecule has 0 aliphatic carbocycles. The molecule has 0 fully saturated rings. The van der Waals surface area contributed by atoms with Crippen LogP contribution in [0.1, 0.15) is 18.2 Å². The smallest absolute Gasteiger partial charge is 0.290 e. The Morgan fingerprint density at radius 2 is 1.81 bits per heavy atom. The molecule has 1 heterocycles. The van der Waals surface area contributed by atoms with Crippen molar-refractivity contribution in [1.82, 2.24) is 5.16 Å². The van der Waals surface area contributed by atoms with E-state index in [4.69, 9.17) is 9.26 Å². The lowest BCUT2D eigenvalue weighted by atomic mass is 10.2. The van der Waals surface area contributed by atoms with E-state index in [2.05, 4.69) is 9.34 Å². The zero-order valence-corrected chi connectivity index (χ0v) is 15.6. The summed E-state index contributed by atoms with van der Waals surface area (Å²) in [5.74, 6) is 1.33. The minimum absolute atomic E-state index is 0.105. The summed E-state index contributed by atoms with van der Waals surface area (Å²) in [5.41, 5.74) is 2.36. The highest BCUT2D eigenvalue weighted by Crippen LogP contribution is 2.21. The second-order valence-electron chi connectivity index (χ2n) is 5.61. The standard InChI is InChI=1S/C20H19NO5S/c1-2-25-27(22,23)13-12-16-8-10-19(11-9-16)24-15-18-14-20(26-21-18)17-6-4-3-5-7-17/h3-14H,2,15H2,1H3/b13-12+. The topological polar surface area (TPSA) is 78.6 Å². The maximum Gasteiger partial charge on any atom is 0.290 e. The van der Waals surface area contributed by atoms with E-state index in [0.29, 0.717) is 17.2 Å². The minimum atomic E-state index is -3.64. The van der Waals surface area contributed by atoms with Crippen LogP contribution in [-0.2, 0) is 20.9 Å². The molecule has 0 amide bonds. The van der Waals surface area contributed by atoms with Gasteiger partial charge >= 0.3 is 0 Å². The van der Waals surface area contributed by atoms with Crippen LogP contribution >= 0.6 is 0 Å². The van der Waals surface area contributed by atoms with Crippen LogP contribution in [0.5, 0.6) is 5.75 Å². The van der Waals surface area contributed by atoms with Crippen molar-refractivity contribution in [3.8, 4) is 17.1 Å².